The molecule has 0 bridgehead atoms. The van der Waals surface area contributed by atoms with Gasteiger partial charge in [-0.1, -0.05) is 102 Å². The van der Waals surface area contributed by atoms with Gasteiger partial charge in [0.25, 0.3) is 0 Å². The molecule has 2 aromatic carbocycles. The van der Waals surface area contributed by atoms with E-state index in [1.807, 2.05) is 71.9 Å². The zero-order valence-electron chi connectivity index (χ0n) is 61.5. The summed E-state index contributed by atoms with van der Waals surface area (Å²) in [4.78, 5) is 186. The normalized spacial score (nSPS) is 26.1. The molecule has 0 aliphatic carbocycles. The van der Waals surface area contributed by atoms with Crippen molar-refractivity contribution < 1.29 is 67.4 Å². The Labute approximate surface area is 580 Å². The molecule has 98 heavy (non-hydrogen) atoms. The third-order valence-corrected chi connectivity index (χ3v) is 18.3. The third kappa shape index (κ3) is 23.9. The van der Waals surface area contributed by atoms with Crippen molar-refractivity contribution >= 4 is 70.9 Å². The van der Waals surface area contributed by atoms with Crippen molar-refractivity contribution in [1.82, 2.24) is 60.9 Å². The van der Waals surface area contributed by atoms with Gasteiger partial charge in [-0.05, 0) is 129 Å². The third-order valence-electron chi connectivity index (χ3n) is 18.3. The van der Waals surface area contributed by atoms with E-state index in [2.05, 4.69) is 26.6 Å². The minimum atomic E-state index is -1.71. The van der Waals surface area contributed by atoms with Gasteiger partial charge in [0.05, 0.1) is 24.7 Å². The van der Waals surface area contributed by atoms with E-state index in [4.69, 9.17) is 4.74 Å². The molecule has 0 aromatic heterocycles. The van der Waals surface area contributed by atoms with Crippen molar-refractivity contribution in [2.24, 2.45) is 17.8 Å². The number of benzene rings is 2. The number of ether oxygens (including phenoxy) is 1. The summed E-state index contributed by atoms with van der Waals surface area (Å²) in [5.74, 6) is -9.64. The lowest BCUT2D eigenvalue weighted by molar-refractivity contribution is -0.153. The van der Waals surface area contributed by atoms with Crippen LogP contribution in [-0.4, -0.2) is 250 Å². The van der Waals surface area contributed by atoms with Gasteiger partial charge >= 0.3 is 0 Å². The Bertz CT molecular complexity index is 3050. The zero-order chi connectivity index (χ0) is 73.8. The molecule has 26 nitrogen and oxygen atoms in total. The van der Waals surface area contributed by atoms with Gasteiger partial charge < -0.3 is 70.7 Å². The van der Waals surface area contributed by atoms with E-state index in [0.717, 1.165) is 26.7 Å². The number of nitrogens with one attached hydrogen (secondary N) is 5. The standard InChI is InChI=1S/C72H114N12O14/c1-43(2)37-55-63(89)76-54(42-98-72(11,12)13)68(94)79(15)48(9)66(92)83(19)58(39-45(5)6)70(96)78(14)47(8)61(87)77-60(49(10)85)71(97)82(18)57(40-51-31-25-21-26-32-51)64(90)74-52(34-33-50-29-23-20-24-30-50)67(93)81(17)56(38-44(3)4)62(88)75-53(69(95)84-35-27-22-28-36-84)41-59(86)73-46(7)65(91)80(55)16/h20-21,23-26,29-32,43-49,52-58,60,85H,22,27-28,33-42H2,1-19H3,(H,73,86)(H,74,90)(H,75,88)(H,76,89)(H,77,87)/t46-,47+,48+,49-,52+,53+,54+,55+,56+,57+,58+,60+/m1/s1. The fourth-order valence-electron chi connectivity index (χ4n) is 12.0. The first-order valence-corrected chi connectivity index (χ1v) is 34.6. The Morgan fingerprint density at radius 3 is 1.47 bits per heavy atom. The molecule has 6 N–H and O–H groups in total. The number of carbonyl (C=O) groups excluding carboxylic acids is 12. The molecule has 2 heterocycles. The van der Waals surface area contributed by atoms with Crippen LogP contribution in [0, 0.1) is 17.8 Å². The summed E-state index contributed by atoms with van der Waals surface area (Å²) in [7, 11) is 8.25. The van der Waals surface area contributed by atoms with Crippen LogP contribution >= 0.6 is 0 Å². The van der Waals surface area contributed by atoms with Crippen molar-refractivity contribution in [2.75, 3.05) is 62.0 Å². The number of aliphatic hydroxyl groups is 1. The maximum atomic E-state index is 15.4. The number of nitrogens with zero attached hydrogens (tertiary/aromatic N) is 7. The van der Waals surface area contributed by atoms with E-state index in [9.17, 15) is 48.3 Å². The molecule has 12 amide bonds. The van der Waals surface area contributed by atoms with Gasteiger partial charge in [0.15, 0.2) is 0 Å². The Balaban J connectivity index is 1.94. The van der Waals surface area contributed by atoms with Crippen molar-refractivity contribution in [3.05, 3.63) is 71.8 Å². The molecule has 4 rings (SSSR count). The second-order valence-corrected chi connectivity index (χ2v) is 28.9. The number of hydrogen-bond donors (Lipinski definition) is 6. The predicted octanol–water partition coefficient (Wildman–Crippen LogP) is 3.06. The number of aliphatic hydroxyl groups excluding tert-OH is 1. The van der Waals surface area contributed by atoms with Crippen molar-refractivity contribution in [2.45, 2.75) is 232 Å². The van der Waals surface area contributed by atoms with Crippen LogP contribution < -0.4 is 26.6 Å². The first-order chi connectivity index (χ1) is 45.8. The van der Waals surface area contributed by atoms with Crippen LogP contribution in [0.25, 0.3) is 0 Å². The van der Waals surface area contributed by atoms with Gasteiger partial charge in [0, 0.05) is 61.8 Å². The molecule has 2 aromatic rings. The number of rotatable bonds is 15. The molecular weight excluding hydrogens is 1260 g/mol. The average Bonchev–Trinajstić information content (AvgIpc) is 0.824. The average molecular weight is 1370 g/mol. The zero-order valence-corrected chi connectivity index (χ0v) is 61.5. The summed E-state index contributed by atoms with van der Waals surface area (Å²) in [6.45, 7) is 22.2. The smallest absolute Gasteiger partial charge is 0.248 e. The summed E-state index contributed by atoms with van der Waals surface area (Å²) >= 11 is 0. The number of hydrogen-bond acceptors (Lipinski definition) is 14. The molecular formula is C72H114N12O14. The van der Waals surface area contributed by atoms with Crippen LogP contribution in [0.5, 0.6) is 0 Å². The highest BCUT2D eigenvalue weighted by atomic mass is 16.5. The quantitative estimate of drug-likeness (QED) is 0.149. The lowest BCUT2D eigenvalue weighted by atomic mass is 9.98. The molecule has 2 fully saturated rings. The maximum absolute atomic E-state index is 15.4. The van der Waals surface area contributed by atoms with E-state index in [-0.39, 0.29) is 62.9 Å². The molecule has 26 heteroatoms. The number of carbonyl (C=O) groups is 12. The lowest BCUT2D eigenvalue weighted by Gasteiger charge is -2.38. The summed E-state index contributed by atoms with van der Waals surface area (Å²) in [5, 5.41) is 25.2. The van der Waals surface area contributed by atoms with E-state index in [1.165, 1.54) is 84.7 Å². The van der Waals surface area contributed by atoms with Gasteiger partial charge in [0.1, 0.15) is 66.5 Å². The van der Waals surface area contributed by atoms with Gasteiger partial charge in [-0.3, -0.25) is 57.5 Å². The number of aryl methyl sites for hydroxylation is 1. The Morgan fingerprint density at radius 1 is 0.500 bits per heavy atom. The highest BCUT2D eigenvalue weighted by Crippen LogP contribution is 2.23. The summed E-state index contributed by atoms with van der Waals surface area (Å²) in [5.41, 5.74) is 0.590. The molecule has 2 aliphatic rings. The van der Waals surface area contributed by atoms with E-state index < -0.39 is 155 Å². The molecule has 2 saturated heterocycles. The van der Waals surface area contributed by atoms with Crippen LogP contribution in [0.2, 0.25) is 0 Å². The van der Waals surface area contributed by atoms with Crippen LogP contribution in [-0.2, 0) is 75.1 Å². The minimum Gasteiger partial charge on any atom is -0.391 e. The second-order valence-electron chi connectivity index (χ2n) is 28.9. The minimum absolute atomic E-state index is 0.00296. The molecule has 2 aliphatic heterocycles. The van der Waals surface area contributed by atoms with Crippen LogP contribution in [0.15, 0.2) is 60.7 Å². The van der Waals surface area contributed by atoms with E-state index in [1.54, 1.807) is 56.0 Å². The van der Waals surface area contributed by atoms with Crippen LogP contribution in [0.4, 0.5) is 0 Å². The summed E-state index contributed by atoms with van der Waals surface area (Å²) in [6, 6.07) is 2.87. The van der Waals surface area contributed by atoms with Gasteiger partial charge in [-0.15, -0.1) is 0 Å². The highest BCUT2D eigenvalue weighted by molar-refractivity contribution is 6.00. The molecule has 0 spiro atoms. The Hall–Kier alpha value is -8.00. The second kappa shape index (κ2) is 37.8. The fourth-order valence-corrected chi connectivity index (χ4v) is 12.0. The van der Waals surface area contributed by atoms with Gasteiger partial charge in [0.2, 0.25) is 70.9 Å². The first kappa shape index (κ1) is 82.4. The van der Waals surface area contributed by atoms with Crippen molar-refractivity contribution in [1.29, 1.82) is 0 Å². The Morgan fingerprint density at radius 2 is 0.949 bits per heavy atom. The molecule has 0 unspecified atom stereocenters. The molecule has 546 valence electrons. The lowest BCUT2D eigenvalue weighted by Crippen LogP contribution is -2.62. The van der Waals surface area contributed by atoms with Crippen molar-refractivity contribution in [3.63, 3.8) is 0 Å². The summed E-state index contributed by atoms with van der Waals surface area (Å²) in [6.07, 6.45) is 0.356. The Kier molecular flexibility index (Phi) is 31.8. The number of piperidine rings is 1. The first-order valence-electron chi connectivity index (χ1n) is 34.6. The van der Waals surface area contributed by atoms with Crippen LogP contribution in [0.3, 0.4) is 0 Å². The highest BCUT2D eigenvalue weighted by Gasteiger charge is 2.43. The van der Waals surface area contributed by atoms with Crippen molar-refractivity contribution in [3.8, 4) is 0 Å². The summed E-state index contributed by atoms with van der Waals surface area (Å²) < 4.78 is 6.09. The largest absolute Gasteiger partial charge is 0.391 e. The van der Waals surface area contributed by atoms with Gasteiger partial charge in [-0.2, -0.15) is 0 Å². The number of likely N-dealkylation sites (tertiary alicyclic amines) is 1. The molecule has 0 saturated carbocycles. The predicted molar refractivity (Wildman–Crippen MR) is 372 cm³/mol. The van der Waals surface area contributed by atoms with Gasteiger partial charge in [-0.25, -0.2) is 0 Å². The molecule has 12 atom stereocenters. The maximum Gasteiger partial charge on any atom is 0.248 e. The number of likely N-dealkylation sites (N-methyl/N-ethyl adjacent to an activating group) is 6. The topological polar surface area (TPSA) is 317 Å². The van der Waals surface area contributed by atoms with Crippen LogP contribution in [0.1, 0.15) is 153 Å². The molecule has 0 radical (unpaired) electrons. The van der Waals surface area contributed by atoms with E-state index in [0.29, 0.717) is 31.5 Å². The fraction of sp³-hybridized carbons (Fsp3) is 0.667. The number of amides is 12. The van der Waals surface area contributed by atoms with E-state index >= 15 is 14.4 Å². The SMILES string of the molecule is CC(C)C[C@H]1C(=O)N[C@H](C(=O)N2CCCCC2)CC(=O)N[C@H](C)C(=O)N(C)[C@@H](CC(C)C)C(=O)N[C@@H](COC(C)(C)C)C(=O)N(C)[C@@H](C)C(=O)N(C)[C@@H](CC(C)C)C(=O)N(C)[C@@H](C)C(=O)N[C@@H]([C@@H](C)O)C(=O)N(C)[C@@H](Cc2ccccc2)C(=O)N[C@@H](CCc2ccccc2)C(=O)N1C. The monoisotopic (exact) mass is 1370 g/mol.